The van der Waals surface area contributed by atoms with E-state index in [4.69, 9.17) is 11.6 Å². The van der Waals surface area contributed by atoms with Crippen LogP contribution in [0, 0.1) is 13.8 Å². The van der Waals surface area contributed by atoms with E-state index in [9.17, 15) is 9.59 Å². The van der Waals surface area contributed by atoms with Crippen LogP contribution in [0.5, 0.6) is 0 Å². The third-order valence-corrected chi connectivity index (χ3v) is 6.14. The lowest BCUT2D eigenvalue weighted by atomic mass is 10.2. The summed E-state index contributed by atoms with van der Waals surface area (Å²) in [6.07, 6.45) is 0. The molecule has 0 unspecified atom stereocenters. The molecule has 0 aliphatic heterocycles. The Morgan fingerprint density at radius 3 is 2.65 bits per heavy atom. The molecule has 0 fully saturated rings. The van der Waals surface area contributed by atoms with Crippen LogP contribution in [0.15, 0.2) is 76.7 Å². The molecule has 0 atom stereocenters. The van der Waals surface area contributed by atoms with Crippen molar-refractivity contribution in [2.45, 2.75) is 19.0 Å². The van der Waals surface area contributed by atoms with Gasteiger partial charge in [0.2, 0.25) is 5.91 Å². The van der Waals surface area contributed by atoms with E-state index in [1.54, 1.807) is 24.3 Å². The van der Waals surface area contributed by atoms with E-state index in [1.807, 2.05) is 56.3 Å². The van der Waals surface area contributed by atoms with Gasteiger partial charge in [-0.15, -0.1) is 0 Å². The van der Waals surface area contributed by atoms with Crippen LogP contribution in [0.4, 0.5) is 5.69 Å². The monoisotopic (exact) mass is 449 g/mol. The molecule has 1 aromatic heterocycles. The number of para-hydroxylation sites is 1. The summed E-state index contributed by atoms with van der Waals surface area (Å²) >= 11 is 7.52. The first-order chi connectivity index (χ1) is 14.9. The summed E-state index contributed by atoms with van der Waals surface area (Å²) in [6.45, 7) is 3.87. The highest BCUT2D eigenvalue weighted by molar-refractivity contribution is 7.99. The minimum atomic E-state index is -0.202. The van der Waals surface area contributed by atoms with E-state index in [0.29, 0.717) is 26.8 Å². The molecule has 0 saturated heterocycles. The maximum atomic E-state index is 13.3. The number of nitrogens with one attached hydrogen (secondary N) is 1. The van der Waals surface area contributed by atoms with Crippen molar-refractivity contribution < 1.29 is 4.79 Å². The summed E-state index contributed by atoms with van der Waals surface area (Å²) in [5.74, 6) is -0.0651. The number of aryl methyl sites for hydroxylation is 2. The number of carbonyl (C=O) groups excluding carboxylic acids is 1. The Balaban J connectivity index is 1.69. The average Bonchev–Trinajstić information content (AvgIpc) is 2.74. The second-order valence-corrected chi connectivity index (χ2v) is 8.54. The predicted octanol–water partition coefficient (Wildman–Crippen LogP) is 5.39. The number of anilines is 1. The van der Waals surface area contributed by atoms with E-state index in [0.717, 1.165) is 16.8 Å². The molecule has 0 spiro atoms. The Labute approximate surface area is 189 Å². The van der Waals surface area contributed by atoms with Gasteiger partial charge in [-0.25, -0.2) is 4.98 Å². The molecule has 5 nitrogen and oxygen atoms in total. The molecule has 1 N–H and O–H groups in total. The van der Waals surface area contributed by atoms with Crippen LogP contribution in [0.3, 0.4) is 0 Å². The third-order valence-electron chi connectivity index (χ3n) is 4.79. The summed E-state index contributed by atoms with van der Waals surface area (Å²) in [4.78, 5) is 30.5. The molecule has 0 radical (unpaired) electrons. The number of amides is 1. The molecule has 3 aromatic carbocycles. The number of aromatic nitrogens is 2. The average molecular weight is 450 g/mol. The van der Waals surface area contributed by atoms with Crippen LogP contribution < -0.4 is 10.9 Å². The summed E-state index contributed by atoms with van der Waals surface area (Å²) in [5.41, 5.74) is 3.71. The number of thioether (sulfide) groups is 1. The van der Waals surface area contributed by atoms with Crippen molar-refractivity contribution in [3.8, 4) is 5.69 Å². The van der Waals surface area contributed by atoms with Gasteiger partial charge in [-0.1, -0.05) is 53.7 Å². The Morgan fingerprint density at radius 1 is 1.06 bits per heavy atom. The number of hydrogen-bond acceptors (Lipinski definition) is 4. The fourth-order valence-corrected chi connectivity index (χ4v) is 4.20. The van der Waals surface area contributed by atoms with Gasteiger partial charge in [0.1, 0.15) is 0 Å². The number of fused-ring (bicyclic) bond motifs is 1. The maximum absolute atomic E-state index is 13.3. The van der Waals surface area contributed by atoms with Gasteiger partial charge in [0.15, 0.2) is 5.16 Å². The lowest BCUT2D eigenvalue weighted by molar-refractivity contribution is -0.113. The number of hydrogen-bond donors (Lipinski definition) is 1. The summed E-state index contributed by atoms with van der Waals surface area (Å²) in [6, 6.07) is 20.2. The molecule has 0 bridgehead atoms. The number of benzene rings is 3. The van der Waals surface area contributed by atoms with Crippen molar-refractivity contribution >= 4 is 45.9 Å². The molecule has 1 amide bonds. The fourth-order valence-electron chi connectivity index (χ4n) is 3.21. The highest BCUT2D eigenvalue weighted by Gasteiger charge is 2.15. The second-order valence-electron chi connectivity index (χ2n) is 7.19. The van der Waals surface area contributed by atoms with Gasteiger partial charge in [-0.2, -0.15) is 0 Å². The van der Waals surface area contributed by atoms with E-state index < -0.39 is 0 Å². The third kappa shape index (κ3) is 4.65. The standard InChI is InChI=1S/C24H20ClN3O2S/c1-15-6-5-7-17(12-15)26-22(29)14-31-24-27-21-9-4-3-8-19(21)23(30)28(24)18-11-10-16(2)20(25)13-18/h3-13H,14H2,1-2H3,(H,26,29). The Kier molecular flexibility index (Phi) is 6.11. The number of carbonyl (C=O) groups is 1. The zero-order valence-corrected chi connectivity index (χ0v) is 18.6. The van der Waals surface area contributed by atoms with Crippen molar-refractivity contribution in [3.63, 3.8) is 0 Å². The van der Waals surface area contributed by atoms with Crippen LogP contribution in [0.25, 0.3) is 16.6 Å². The molecule has 1 heterocycles. The molecule has 156 valence electrons. The summed E-state index contributed by atoms with van der Waals surface area (Å²) < 4.78 is 1.51. The Morgan fingerprint density at radius 2 is 1.87 bits per heavy atom. The van der Waals surface area contributed by atoms with Gasteiger partial charge in [-0.3, -0.25) is 14.2 Å². The minimum absolute atomic E-state index is 0.109. The lowest BCUT2D eigenvalue weighted by Crippen LogP contribution is -2.23. The highest BCUT2D eigenvalue weighted by Crippen LogP contribution is 2.25. The minimum Gasteiger partial charge on any atom is -0.325 e. The Hall–Kier alpha value is -3.09. The van der Waals surface area contributed by atoms with Crippen molar-refractivity contribution in [2.24, 2.45) is 0 Å². The first-order valence-corrected chi connectivity index (χ1v) is 11.1. The largest absolute Gasteiger partial charge is 0.325 e. The second kappa shape index (κ2) is 8.96. The van der Waals surface area contributed by atoms with Gasteiger partial charge in [0.05, 0.1) is 22.3 Å². The predicted molar refractivity (Wildman–Crippen MR) is 128 cm³/mol. The number of rotatable bonds is 5. The van der Waals surface area contributed by atoms with E-state index in [2.05, 4.69) is 10.3 Å². The molecule has 4 rings (SSSR count). The van der Waals surface area contributed by atoms with Gasteiger partial charge < -0.3 is 5.32 Å². The van der Waals surface area contributed by atoms with Gasteiger partial charge in [0.25, 0.3) is 5.56 Å². The number of halogens is 1. The Bertz CT molecular complexity index is 1350. The first-order valence-electron chi connectivity index (χ1n) is 9.70. The van der Waals surface area contributed by atoms with Crippen molar-refractivity contribution in [3.05, 3.63) is 93.2 Å². The van der Waals surface area contributed by atoms with Crippen LogP contribution >= 0.6 is 23.4 Å². The highest BCUT2D eigenvalue weighted by atomic mass is 35.5. The molecule has 4 aromatic rings. The first kappa shape index (κ1) is 21.2. The van der Waals surface area contributed by atoms with E-state index in [1.165, 1.54) is 16.3 Å². The lowest BCUT2D eigenvalue weighted by Gasteiger charge is -2.14. The molecular formula is C24H20ClN3O2S. The molecule has 31 heavy (non-hydrogen) atoms. The maximum Gasteiger partial charge on any atom is 0.266 e. The van der Waals surface area contributed by atoms with Gasteiger partial charge in [0, 0.05) is 10.7 Å². The zero-order chi connectivity index (χ0) is 22.0. The van der Waals surface area contributed by atoms with Crippen LogP contribution in [-0.2, 0) is 4.79 Å². The van der Waals surface area contributed by atoms with Crippen LogP contribution in [-0.4, -0.2) is 21.2 Å². The van der Waals surface area contributed by atoms with Crippen LogP contribution in [0.2, 0.25) is 5.02 Å². The smallest absolute Gasteiger partial charge is 0.266 e. The van der Waals surface area contributed by atoms with Gasteiger partial charge >= 0.3 is 0 Å². The summed E-state index contributed by atoms with van der Waals surface area (Å²) in [7, 11) is 0. The topological polar surface area (TPSA) is 64.0 Å². The molecule has 0 aliphatic rings. The molecule has 7 heteroatoms. The summed E-state index contributed by atoms with van der Waals surface area (Å²) in [5, 5.41) is 4.39. The van der Waals surface area contributed by atoms with E-state index in [-0.39, 0.29) is 17.2 Å². The molecule has 0 aliphatic carbocycles. The van der Waals surface area contributed by atoms with Crippen molar-refractivity contribution in [1.82, 2.24) is 9.55 Å². The van der Waals surface area contributed by atoms with Gasteiger partial charge in [-0.05, 0) is 61.4 Å². The quantitative estimate of drug-likeness (QED) is 0.328. The fraction of sp³-hybridized carbons (Fsp3) is 0.125. The normalized spacial score (nSPS) is 10.9. The van der Waals surface area contributed by atoms with Crippen molar-refractivity contribution in [2.75, 3.05) is 11.1 Å². The zero-order valence-electron chi connectivity index (χ0n) is 17.1. The number of nitrogens with zero attached hydrogens (tertiary/aromatic N) is 2. The van der Waals surface area contributed by atoms with Crippen LogP contribution in [0.1, 0.15) is 11.1 Å². The van der Waals surface area contributed by atoms with E-state index >= 15 is 0 Å². The molecule has 0 saturated carbocycles. The molecular weight excluding hydrogens is 430 g/mol. The SMILES string of the molecule is Cc1cccc(NC(=O)CSc2nc3ccccc3c(=O)n2-c2ccc(C)c(Cl)c2)c1. The van der Waals surface area contributed by atoms with Crippen molar-refractivity contribution in [1.29, 1.82) is 0 Å².